The van der Waals surface area contributed by atoms with Crippen LogP contribution in [0.15, 0.2) is 18.3 Å². The molecule has 1 atom stereocenters. The molecule has 1 saturated heterocycles. The van der Waals surface area contributed by atoms with Crippen molar-refractivity contribution in [3.8, 4) is 0 Å². The molecule has 1 aliphatic rings. The first kappa shape index (κ1) is 15.8. The van der Waals surface area contributed by atoms with E-state index >= 15 is 0 Å². The first-order valence-electron chi connectivity index (χ1n) is 7.83. The molecule has 0 saturated carbocycles. The number of hydrogen-bond donors (Lipinski definition) is 2. The molecule has 5 heteroatoms. The molecule has 2 N–H and O–H groups in total. The first-order chi connectivity index (χ1) is 10.1. The van der Waals surface area contributed by atoms with Gasteiger partial charge < -0.3 is 15.5 Å². The fraction of sp³-hybridized carbons (Fsp3) is 0.625. The van der Waals surface area contributed by atoms with Gasteiger partial charge in [0.25, 0.3) is 5.91 Å². The number of hydrogen-bond acceptors (Lipinski definition) is 4. The monoisotopic (exact) mass is 290 g/mol. The van der Waals surface area contributed by atoms with Gasteiger partial charge in [-0.15, -0.1) is 0 Å². The zero-order valence-electron chi connectivity index (χ0n) is 13.2. The molecule has 0 radical (unpaired) electrons. The number of rotatable bonds is 6. The summed E-state index contributed by atoms with van der Waals surface area (Å²) in [6.07, 6.45) is 2.86. The van der Waals surface area contributed by atoms with E-state index < -0.39 is 0 Å². The lowest BCUT2D eigenvalue weighted by molar-refractivity contribution is 0.0947. The molecule has 21 heavy (non-hydrogen) atoms. The Morgan fingerprint density at radius 3 is 3.00 bits per heavy atom. The Hall–Kier alpha value is -1.62. The number of aromatic nitrogens is 1. The number of nitrogens with one attached hydrogen (secondary N) is 2. The maximum absolute atomic E-state index is 12.3. The second kappa shape index (κ2) is 7.41. The van der Waals surface area contributed by atoms with Gasteiger partial charge in [-0.1, -0.05) is 0 Å². The number of amides is 1. The molecule has 2 rings (SSSR count). The zero-order chi connectivity index (χ0) is 15.2. The molecule has 1 fully saturated rings. The molecule has 0 aliphatic carbocycles. The van der Waals surface area contributed by atoms with Crippen LogP contribution >= 0.6 is 0 Å². The predicted octanol–water partition coefficient (Wildman–Crippen LogP) is 1.97. The van der Waals surface area contributed by atoms with Crippen LogP contribution in [-0.2, 0) is 0 Å². The van der Waals surface area contributed by atoms with Gasteiger partial charge in [0, 0.05) is 31.9 Å². The molecule has 0 bridgehead atoms. The highest BCUT2D eigenvalue weighted by Crippen LogP contribution is 2.18. The Kier molecular flexibility index (Phi) is 5.56. The van der Waals surface area contributed by atoms with Crippen LogP contribution in [0.1, 0.15) is 37.6 Å². The van der Waals surface area contributed by atoms with E-state index in [-0.39, 0.29) is 5.91 Å². The minimum atomic E-state index is -0.0398. The van der Waals surface area contributed by atoms with Crippen molar-refractivity contribution in [2.75, 3.05) is 31.5 Å². The van der Waals surface area contributed by atoms with Crippen LogP contribution in [0.4, 0.5) is 5.82 Å². The molecule has 0 aromatic carbocycles. The molecule has 0 spiro atoms. The van der Waals surface area contributed by atoms with E-state index in [1.807, 2.05) is 13.0 Å². The lowest BCUT2D eigenvalue weighted by Gasteiger charge is -2.20. The second-order valence-electron chi connectivity index (χ2n) is 5.88. The molecule has 1 aromatic rings. The van der Waals surface area contributed by atoms with Gasteiger partial charge in [-0.3, -0.25) is 4.79 Å². The largest absolute Gasteiger partial charge is 0.370 e. The molecule has 1 aromatic heterocycles. The second-order valence-corrected chi connectivity index (χ2v) is 5.88. The minimum Gasteiger partial charge on any atom is -0.370 e. The number of pyridine rings is 1. The third kappa shape index (κ3) is 4.17. The number of likely N-dealkylation sites (tertiary alicyclic amines) is 1. The Labute approximate surface area is 127 Å². The summed E-state index contributed by atoms with van der Waals surface area (Å²) in [5, 5.41) is 6.18. The van der Waals surface area contributed by atoms with Crippen LogP contribution in [0.2, 0.25) is 0 Å². The SMILES string of the molecule is CCNc1ncccc1C(=O)NCC1CCN(C(C)C)C1. The van der Waals surface area contributed by atoms with E-state index in [0.29, 0.717) is 23.3 Å². The number of carbonyl (C=O) groups excluding carboxylic acids is 1. The average Bonchev–Trinajstić information content (AvgIpc) is 2.95. The van der Waals surface area contributed by atoms with Gasteiger partial charge in [-0.05, 0) is 51.8 Å². The van der Waals surface area contributed by atoms with E-state index in [0.717, 1.165) is 32.6 Å². The number of carbonyl (C=O) groups is 1. The molecule has 1 unspecified atom stereocenters. The van der Waals surface area contributed by atoms with Gasteiger partial charge in [0.05, 0.1) is 5.56 Å². The first-order valence-corrected chi connectivity index (χ1v) is 7.83. The third-order valence-corrected chi connectivity index (χ3v) is 4.00. The molecular weight excluding hydrogens is 264 g/mol. The summed E-state index contributed by atoms with van der Waals surface area (Å²) in [6.45, 7) is 10.1. The summed E-state index contributed by atoms with van der Waals surface area (Å²) in [5.41, 5.74) is 0.623. The maximum Gasteiger partial charge on any atom is 0.255 e. The van der Waals surface area contributed by atoms with Crippen molar-refractivity contribution in [2.24, 2.45) is 5.92 Å². The quantitative estimate of drug-likeness (QED) is 0.841. The van der Waals surface area contributed by atoms with Crippen LogP contribution in [0.3, 0.4) is 0 Å². The highest BCUT2D eigenvalue weighted by molar-refractivity contribution is 5.98. The summed E-state index contributed by atoms with van der Waals surface area (Å²) in [4.78, 5) is 19.0. The molecular formula is C16H26N4O. The molecule has 116 valence electrons. The smallest absolute Gasteiger partial charge is 0.255 e. The lowest BCUT2D eigenvalue weighted by atomic mass is 10.1. The van der Waals surface area contributed by atoms with Gasteiger partial charge >= 0.3 is 0 Å². The standard InChI is InChI=1S/C16H26N4O/c1-4-17-15-14(6-5-8-18-15)16(21)19-10-13-7-9-20(11-13)12(2)3/h5-6,8,12-13H,4,7,9-11H2,1-3H3,(H,17,18)(H,19,21). The number of nitrogens with zero attached hydrogens (tertiary/aromatic N) is 2. The third-order valence-electron chi connectivity index (χ3n) is 4.00. The fourth-order valence-electron chi connectivity index (χ4n) is 2.73. The fourth-order valence-corrected chi connectivity index (χ4v) is 2.73. The summed E-state index contributed by atoms with van der Waals surface area (Å²) >= 11 is 0. The summed E-state index contributed by atoms with van der Waals surface area (Å²) < 4.78 is 0. The summed E-state index contributed by atoms with van der Waals surface area (Å²) in [5.74, 6) is 1.17. The Morgan fingerprint density at radius 1 is 1.52 bits per heavy atom. The van der Waals surface area contributed by atoms with Gasteiger partial charge in [-0.2, -0.15) is 0 Å². The van der Waals surface area contributed by atoms with Crippen molar-refractivity contribution in [1.82, 2.24) is 15.2 Å². The number of anilines is 1. The van der Waals surface area contributed by atoms with Crippen molar-refractivity contribution in [2.45, 2.75) is 33.2 Å². The predicted molar refractivity (Wildman–Crippen MR) is 85.5 cm³/mol. The highest BCUT2D eigenvalue weighted by Gasteiger charge is 2.24. The highest BCUT2D eigenvalue weighted by atomic mass is 16.1. The van der Waals surface area contributed by atoms with E-state index in [1.165, 1.54) is 0 Å². The molecule has 1 amide bonds. The van der Waals surface area contributed by atoms with E-state index in [9.17, 15) is 4.79 Å². The summed E-state index contributed by atoms with van der Waals surface area (Å²) in [7, 11) is 0. The normalized spacial score (nSPS) is 19.0. The topological polar surface area (TPSA) is 57.3 Å². The molecule has 1 aliphatic heterocycles. The van der Waals surface area contributed by atoms with Crippen molar-refractivity contribution in [3.05, 3.63) is 23.9 Å². The van der Waals surface area contributed by atoms with Crippen molar-refractivity contribution in [3.63, 3.8) is 0 Å². The van der Waals surface area contributed by atoms with Crippen molar-refractivity contribution >= 4 is 11.7 Å². The van der Waals surface area contributed by atoms with E-state index in [2.05, 4.69) is 34.4 Å². The van der Waals surface area contributed by atoms with E-state index in [1.54, 1.807) is 12.3 Å². The van der Waals surface area contributed by atoms with Gasteiger partial charge in [-0.25, -0.2) is 4.98 Å². The van der Waals surface area contributed by atoms with Crippen molar-refractivity contribution in [1.29, 1.82) is 0 Å². The minimum absolute atomic E-state index is 0.0398. The van der Waals surface area contributed by atoms with Gasteiger partial charge in [0.2, 0.25) is 0 Å². The molecule has 5 nitrogen and oxygen atoms in total. The maximum atomic E-state index is 12.3. The van der Waals surface area contributed by atoms with E-state index in [4.69, 9.17) is 0 Å². The zero-order valence-corrected chi connectivity index (χ0v) is 13.2. The Balaban J connectivity index is 1.88. The Bertz CT molecular complexity index is 475. The molecule has 2 heterocycles. The van der Waals surface area contributed by atoms with Crippen LogP contribution in [0.25, 0.3) is 0 Å². The van der Waals surface area contributed by atoms with Crippen LogP contribution in [0.5, 0.6) is 0 Å². The van der Waals surface area contributed by atoms with Crippen LogP contribution < -0.4 is 10.6 Å². The van der Waals surface area contributed by atoms with Gasteiger partial charge in [0.15, 0.2) is 0 Å². The van der Waals surface area contributed by atoms with Gasteiger partial charge in [0.1, 0.15) is 5.82 Å². The van der Waals surface area contributed by atoms with Crippen LogP contribution in [0, 0.1) is 5.92 Å². The van der Waals surface area contributed by atoms with Crippen LogP contribution in [-0.4, -0.2) is 48.0 Å². The lowest BCUT2D eigenvalue weighted by Crippen LogP contribution is -2.33. The summed E-state index contributed by atoms with van der Waals surface area (Å²) in [6, 6.07) is 4.20. The van der Waals surface area contributed by atoms with Crippen molar-refractivity contribution < 1.29 is 4.79 Å². The average molecular weight is 290 g/mol. The Morgan fingerprint density at radius 2 is 2.33 bits per heavy atom.